The molecule has 2 aromatic carbocycles. The van der Waals surface area contributed by atoms with Gasteiger partial charge in [0.05, 0.1) is 23.6 Å². The molecule has 0 bridgehead atoms. The molecule has 0 aromatic heterocycles. The molecule has 0 aliphatic carbocycles. The van der Waals surface area contributed by atoms with Gasteiger partial charge in [0.15, 0.2) is 0 Å². The number of halogens is 3. The number of hydrogen-bond acceptors (Lipinski definition) is 4. The van der Waals surface area contributed by atoms with Crippen LogP contribution >= 0.6 is 11.6 Å². The summed E-state index contributed by atoms with van der Waals surface area (Å²) in [5, 5.41) is 3.18. The normalized spacial score (nSPS) is 19.1. The van der Waals surface area contributed by atoms with Crippen molar-refractivity contribution in [1.29, 1.82) is 0 Å². The van der Waals surface area contributed by atoms with Gasteiger partial charge in [0.25, 0.3) is 0 Å². The Morgan fingerprint density at radius 3 is 2.81 bits per heavy atom. The first-order valence-corrected chi connectivity index (χ1v) is 8.99. The number of rotatable bonds is 6. The minimum Gasteiger partial charge on any atom is -0.492 e. The fourth-order valence-electron chi connectivity index (χ4n) is 3.02. The highest BCUT2D eigenvalue weighted by atomic mass is 35.5. The molecule has 1 aliphatic rings. The lowest BCUT2D eigenvalue weighted by Crippen LogP contribution is -2.34. The third-order valence-electron chi connectivity index (χ3n) is 4.40. The van der Waals surface area contributed by atoms with E-state index in [9.17, 15) is 13.6 Å². The Bertz CT molecular complexity index is 835. The third kappa shape index (κ3) is 4.55. The van der Waals surface area contributed by atoms with Gasteiger partial charge in [-0.15, -0.1) is 0 Å². The van der Waals surface area contributed by atoms with E-state index in [-0.39, 0.29) is 24.1 Å². The fourth-order valence-corrected chi connectivity index (χ4v) is 3.26. The predicted molar refractivity (Wildman–Crippen MR) is 98.2 cm³/mol. The summed E-state index contributed by atoms with van der Waals surface area (Å²) in [6.45, 7) is 2.77. The number of amides is 1. The average Bonchev–Trinajstić information content (AvgIpc) is 3.12. The van der Waals surface area contributed by atoms with E-state index in [0.717, 1.165) is 17.7 Å². The van der Waals surface area contributed by atoms with Gasteiger partial charge in [0.1, 0.15) is 17.4 Å². The van der Waals surface area contributed by atoms with Gasteiger partial charge in [-0.2, -0.15) is 0 Å². The quantitative estimate of drug-likeness (QED) is 0.703. The van der Waals surface area contributed by atoms with E-state index in [2.05, 4.69) is 16.2 Å². The first-order chi connectivity index (χ1) is 13.0. The van der Waals surface area contributed by atoms with Crippen LogP contribution in [0, 0.1) is 17.6 Å². The average molecular weight is 396 g/mol. The van der Waals surface area contributed by atoms with E-state index in [1.54, 1.807) is 12.1 Å². The number of benzene rings is 2. The Labute approximate surface area is 161 Å². The van der Waals surface area contributed by atoms with Gasteiger partial charge in [0.2, 0.25) is 5.91 Å². The van der Waals surface area contributed by atoms with E-state index in [1.165, 1.54) is 6.07 Å². The molecule has 27 heavy (non-hydrogen) atoms. The van der Waals surface area contributed by atoms with E-state index in [1.807, 2.05) is 13.0 Å². The van der Waals surface area contributed by atoms with Crippen molar-refractivity contribution in [1.82, 2.24) is 16.2 Å². The maximum atomic E-state index is 13.7. The van der Waals surface area contributed by atoms with Crippen LogP contribution in [0.3, 0.4) is 0 Å². The highest BCUT2D eigenvalue weighted by Crippen LogP contribution is 2.32. The molecular weight excluding hydrogens is 376 g/mol. The number of hydrazine groups is 1. The smallest absolute Gasteiger partial charge is 0.226 e. The van der Waals surface area contributed by atoms with E-state index >= 15 is 0 Å². The van der Waals surface area contributed by atoms with Crippen molar-refractivity contribution < 1.29 is 18.3 Å². The molecule has 2 aromatic rings. The van der Waals surface area contributed by atoms with E-state index in [4.69, 9.17) is 16.3 Å². The second-order valence-electron chi connectivity index (χ2n) is 6.19. The van der Waals surface area contributed by atoms with Gasteiger partial charge in [0, 0.05) is 24.7 Å². The maximum absolute atomic E-state index is 13.7. The van der Waals surface area contributed by atoms with Crippen molar-refractivity contribution in [2.45, 2.75) is 19.5 Å². The summed E-state index contributed by atoms with van der Waals surface area (Å²) in [7, 11) is 0. The second kappa shape index (κ2) is 8.65. The summed E-state index contributed by atoms with van der Waals surface area (Å²) in [5.74, 6) is -1.41. The number of ether oxygens (including phenoxy) is 1. The highest BCUT2D eigenvalue weighted by molar-refractivity contribution is 6.32. The van der Waals surface area contributed by atoms with Crippen LogP contribution in [0.15, 0.2) is 36.4 Å². The minimum atomic E-state index is -0.687. The first kappa shape index (κ1) is 19.5. The van der Waals surface area contributed by atoms with Crippen LogP contribution in [0.1, 0.15) is 24.1 Å². The van der Waals surface area contributed by atoms with Crippen molar-refractivity contribution in [2.75, 3.05) is 13.2 Å². The van der Waals surface area contributed by atoms with Crippen LogP contribution in [0.25, 0.3) is 0 Å². The zero-order valence-corrected chi connectivity index (χ0v) is 15.4. The highest BCUT2D eigenvalue weighted by Gasteiger charge is 2.34. The van der Waals surface area contributed by atoms with Crippen molar-refractivity contribution in [3.05, 3.63) is 64.2 Å². The number of nitrogens with one attached hydrogen (secondary N) is 3. The molecule has 2 unspecified atom stereocenters. The summed E-state index contributed by atoms with van der Waals surface area (Å²) in [6, 6.07) is 8.36. The third-order valence-corrected chi connectivity index (χ3v) is 4.70. The lowest BCUT2D eigenvalue weighted by Gasteiger charge is -2.19. The Morgan fingerprint density at radius 1 is 1.30 bits per heavy atom. The fraction of sp³-hybridized carbons (Fsp3) is 0.316. The second-order valence-corrected chi connectivity index (χ2v) is 6.59. The lowest BCUT2D eigenvalue weighted by atomic mass is 9.94. The number of carbonyl (C=O) groups excluding carboxylic acids is 1. The van der Waals surface area contributed by atoms with Crippen LogP contribution < -0.4 is 20.9 Å². The molecule has 0 radical (unpaired) electrons. The van der Waals surface area contributed by atoms with Gasteiger partial charge < -0.3 is 10.1 Å². The van der Waals surface area contributed by atoms with Crippen molar-refractivity contribution in [2.24, 2.45) is 5.92 Å². The number of carbonyl (C=O) groups is 1. The SMILES string of the molecule is CCOc1ccc(C2NNCC2C(=O)NCc2ccc(F)cc2F)cc1Cl. The van der Waals surface area contributed by atoms with Crippen LogP contribution in [-0.2, 0) is 11.3 Å². The zero-order chi connectivity index (χ0) is 19.4. The molecule has 1 heterocycles. The molecule has 1 saturated heterocycles. The molecule has 3 N–H and O–H groups in total. The summed E-state index contributed by atoms with van der Waals surface area (Å²) in [4.78, 5) is 12.6. The Hall–Kier alpha value is -2.22. The van der Waals surface area contributed by atoms with Crippen molar-refractivity contribution in [3.63, 3.8) is 0 Å². The Morgan fingerprint density at radius 2 is 2.11 bits per heavy atom. The van der Waals surface area contributed by atoms with E-state index < -0.39 is 17.6 Å². The Balaban J connectivity index is 1.68. The van der Waals surface area contributed by atoms with Gasteiger partial charge in [-0.1, -0.05) is 23.7 Å². The largest absolute Gasteiger partial charge is 0.492 e. The van der Waals surface area contributed by atoms with Crippen LogP contribution in [0.4, 0.5) is 8.78 Å². The van der Waals surface area contributed by atoms with Crippen LogP contribution in [-0.4, -0.2) is 19.1 Å². The summed E-state index contributed by atoms with van der Waals surface area (Å²) >= 11 is 6.24. The van der Waals surface area contributed by atoms with Crippen molar-refractivity contribution >= 4 is 17.5 Å². The van der Waals surface area contributed by atoms with Crippen LogP contribution in [0.2, 0.25) is 5.02 Å². The molecular formula is C19H20ClF2N3O2. The predicted octanol–water partition coefficient (Wildman–Crippen LogP) is 3.10. The summed E-state index contributed by atoms with van der Waals surface area (Å²) in [6.07, 6.45) is 0. The molecule has 1 fully saturated rings. The summed E-state index contributed by atoms with van der Waals surface area (Å²) < 4.78 is 32.1. The molecule has 5 nitrogen and oxygen atoms in total. The zero-order valence-electron chi connectivity index (χ0n) is 14.7. The molecule has 0 spiro atoms. The molecule has 144 valence electrons. The molecule has 2 atom stereocenters. The molecule has 1 aliphatic heterocycles. The first-order valence-electron chi connectivity index (χ1n) is 8.62. The Kier molecular flexibility index (Phi) is 6.26. The van der Waals surface area contributed by atoms with Gasteiger partial charge in [-0.3, -0.25) is 10.2 Å². The van der Waals surface area contributed by atoms with Gasteiger partial charge in [-0.05, 0) is 30.7 Å². The molecule has 0 saturated carbocycles. The molecule has 3 rings (SSSR count). The van der Waals surface area contributed by atoms with Gasteiger partial charge >= 0.3 is 0 Å². The van der Waals surface area contributed by atoms with E-state index in [0.29, 0.717) is 23.9 Å². The summed E-state index contributed by atoms with van der Waals surface area (Å²) in [5.41, 5.74) is 7.10. The minimum absolute atomic E-state index is 0.0157. The number of hydrogen-bond donors (Lipinski definition) is 3. The molecule has 1 amide bonds. The van der Waals surface area contributed by atoms with Crippen LogP contribution in [0.5, 0.6) is 5.75 Å². The standard InChI is InChI=1S/C19H20ClF2N3O2/c1-2-27-17-6-4-11(7-15(17)20)18-14(10-24-25-18)19(26)23-9-12-3-5-13(21)8-16(12)22/h3-8,14,18,24-25H,2,9-10H2,1H3,(H,23,26). The maximum Gasteiger partial charge on any atom is 0.226 e. The van der Waals surface area contributed by atoms with Gasteiger partial charge in [-0.25, -0.2) is 14.2 Å². The lowest BCUT2D eigenvalue weighted by molar-refractivity contribution is -0.125. The molecule has 8 heteroatoms. The monoisotopic (exact) mass is 395 g/mol. The topological polar surface area (TPSA) is 62.4 Å². The van der Waals surface area contributed by atoms with Crippen molar-refractivity contribution in [3.8, 4) is 5.75 Å².